The van der Waals surface area contributed by atoms with E-state index in [2.05, 4.69) is 26.1 Å². The van der Waals surface area contributed by atoms with Crippen molar-refractivity contribution in [3.8, 4) is 0 Å². The highest BCUT2D eigenvalue weighted by Crippen LogP contribution is 1.86. The minimum atomic E-state index is 0.704. The van der Waals surface area contributed by atoms with Crippen molar-refractivity contribution in [2.24, 2.45) is 0 Å². The van der Waals surface area contributed by atoms with Gasteiger partial charge in [0.15, 0.2) is 0 Å². The predicted octanol–water partition coefficient (Wildman–Crippen LogP) is 2.42. The van der Waals surface area contributed by atoms with Gasteiger partial charge in [-0.1, -0.05) is 21.3 Å². The largest absolute Gasteiger partial charge is 0.314 e. The van der Waals surface area contributed by atoms with E-state index in [9.17, 15) is 0 Å². The first-order valence-corrected chi connectivity index (χ1v) is 3.54. The van der Waals surface area contributed by atoms with E-state index in [1.165, 1.54) is 20.2 Å². The Hall–Kier alpha value is -0.0400. The van der Waals surface area contributed by atoms with Gasteiger partial charge in [0.2, 0.25) is 0 Å². The topological polar surface area (TPSA) is 12.0 Å². The molecule has 58 valence electrons. The normalized spacial score (nSPS) is 13.1. The van der Waals surface area contributed by atoms with E-state index in [0.717, 1.165) is 6.54 Å². The van der Waals surface area contributed by atoms with Gasteiger partial charge in [-0.2, -0.15) is 0 Å². The van der Waals surface area contributed by atoms with Crippen molar-refractivity contribution < 1.29 is 1.37 Å². The van der Waals surface area contributed by atoms with Gasteiger partial charge in [0.1, 0.15) is 0 Å². The summed E-state index contributed by atoms with van der Waals surface area (Å²) in [5, 5.41) is 3.38. The van der Waals surface area contributed by atoms with Crippen molar-refractivity contribution in [3.05, 3.63) is 0 Å². The average Bonchev–Trinajstić information content (AvgIpc) is 2.04. The molecule has 0 aliphatic carbocycles. The maximum Gasteiger partial charge on any atom is 0.0194 e. The second-order valence-corrected chi connectivity index (χ2v) is 2.26. The van der Waals surface area contributed by atoms with E-state index in [4.69, 9.17) is 1.37 Å². The summed E-state index contributed by atoms with van der Waals surface area (Å²) in [6, 6.07) is 0.704. The number of hydrogen-bond acceptors (Lipinski definition) is 1. The lowest BCUT2D eigenvalue weighted by molar-refractivity contribution is 0.533. The van der Waals surface area contributed by atoms with Crippen molar-refractivity contribution >= 4 is 0 Å². The fourth-order valence-electron chi connectivity index (χ4n) is 0.535. The second-order valence-electron chi connectivity index (χ2n) is 2.26. The summed E-state index contributed by atoms with van der Waals surface area (Å²) in [5.41, 5.74) is 0. The van der Waals surface area contributed by atoms with Crippen molar-refractivity contribution in [1.82, 2.24) is 5.32 Å². The van der Waals surface area contributed by atoms with E-state index < -0.39 is 0 Å². The quantitative estimate of drug-likeness (QED) is 0.621. The van der Waals surface area contributed by atoms with Gasteiger partial charge in [-0.05, 0) is 26.3 Å². The standard InChI is InChI=1S/C7H17N.CH4/c1-4-6-8-7(3)5-2;/h7-8H,4-6H2,1-3H3;1H4/i;1T. The first-order chi connectivity index (χ1) is 4.81. The molecule has 1 atom stereocenters. The molecule has 0 aromatic carbocycles. The molecule has 0 radical (unpaired) electrons. The molecule has 0 saturated carbocycles. The van der Waals surface area contributed by atoms with Crippen LogP contribution in [0.5, 0.6) is 0 Å². The fourth-order valence-corrected chi connectivity index (χ4v) is 0.535. The Balaban J connectivity index is 0. The third kappa shape index (κ3) is 7.96. The van der Waals surface area contributed by atoms with Gasteiger partial charge in [-0.3, -0.25) is 0 Å². The zero-order valence-electron chi connectivity index (χ0n) is 8.20. The summed E-state index contributed by atoms with van der Waals surface area (Å²) in [7, 11) is 1.25. The Morgan fingerprint density at radius 2 is 2.11 bits per heavy atom. The number of nitrogens with one attached hydrogen (secondary N) is 1. The summed E-state index contributed by atoms with van der Waals surface area (Å²) in [4.78, 5) is 0. The predicted molar refractivity (Wildman–Crippen MR) is 44.8 cm³/mol. The van der Waals surface area contributed by atoms with Crippen LogP contribution in [0.25, 0.3) is 0 Å². The van der Waals surface area contributed by atoms with E-state index in [1.54, 1.807) is 0 Å². The van der Waals surface area contributed by atoms with Crippen LogP contribution in [-0.2, 0) is 0 Å². The Morgan fingerprint density at radius 1 is 1.56 bits per heavy atom. The molecule has 1 unspecified atom stereocenters. The van der Waals surface area contributed by atoms with Gasteiger partial charge in [0.25, 0.3) is 0 Å². The lowest BCUT2D eigenvalue weighted by Crippen LogP contribution is -2.25. The second kappa shape index (κ2) is 7.96. The molecule has 0 amide bonds. The Bertz CT molecular complexity index is 48.5. The van der Waals surface area contributed by atoms with Gasteiger partial charge < -0.3 is 5.32 Å². The summed E-state index contributed by atoms with van der Waals surface area (Å²) >= 11 is 0. The van der Waals surface area contributed by atoms with Crippen LogP contribution in [0.4, 0.5) is 0 Å². The van der Waals surface area contributed by atoms with Gasteiger partial charge in [-0.25, -0.2) is 0 Å². The summed E-state index contributed by atoms with van der Waals surface area (Å²) in [6.07, 6.45) is 2.48. The van der Waals surface area contributed by atoms with Crippen LogP contribution in [0.3, 0.4) is 0 Å². The van der Waals surface area contributed by atoms with Gasteiger partial charge in [-0.15, -0.1) is 0 Å². The Labute approximate surface area is 61.3 Å². The van der Waals surface area contributed by atoms with Gasteiger partial charge >= 0.3 is 0 Å². The van der Waals surface area contributed by atoms with Gasteiger partial charge in [0, 0.05) is 7.41 Å². The van der Waals surface area contributed by atoms with Crippen LogP contribution >= 0.6 is 0 Å². The molecular weight excluding hydrogens is 110 g/mol. The van der Waals surface area contributed by atoms with E-state index >= 15 is 0 Å². The zero-order chi connectivity index (χ0) is 8.41. The molecule has 0 fully saturated rings. The molecule has 9 heavy (non-hydrogen) atoms. The SMILES string of the molecule is CCCNC(C)CC.[3H]C. The molecule has 1 heteroatoms. The van der Waals surface area contributed by atoms with E-state index in [0.29, 0.717) is 6.04 Å². The third-order valence-corrected chi connectivity index (χ3v) is 1.36. The van der Waals surface area contributed by atoms with Crippen LogP contribution in [0.1, 0.15) is 42.4 Å². The summed E-state index contributed by atoms with van der Waals surface area (Å²) in [6.45, 7) is 7.77. The molecule has 0 aliphatic rings. The monoisotopic (exact) mass is 133 g/mol. The van der Waals surface area contributed by atoms with Crippen molar-refractivity contribution in [3.63, 3.8) is 0 Å². The molecule has 0 aromatic heterocycles. The smallest absolute Gasteiger partial charge is 0.0194 e. The Kier molecular flexibility index (Phi) is 7.92. The maximum absolute atomic E-state index is 5.75. The highest BCUT2D eigenvalue weighted by Gasteiger charge is 1.92. The van der Waals surface area contributed by atoms with Crippen LogP contribution in [-0.4, -0.2) is 12.6 Å². The lowest BCUT2D eigenvalue weighted by Gasteiger charge is -2.08. The maximum atomic E-state index is 5.75. The Morgan fingerprint density at radius 3 is 2.44 bits per heavy atom. The molecule has 0 aromatic rings. The minimum Gasteiger partial charge on any atom is -0.314 e. The van der Waals surface area contributed by atoms with Crippen molar-refractivity contribution in [2.75, 3.05) is 6.54 Å². The van der Waals surface area contributed by atoms with Crippen LogP contribution in [0.15, 0.2) is 0 Å². The van der Waals surface area contributed by atoms with Crippen molar-refractivity contribution in [2.45, 2.75) is 47.1 Å². The molecule has 1 nitrogen and oxygen atoms in total. The molecule has 0 heterocycles. The fraction of sp³-hybridized carbons (Fsp3) is 1.00. The van der Waals surface area contributed by atoms with Crippen molar-refractivity contribution in [1.29, 1.82) is 0 Å². The van der Waals surface area contributed by atoms with Crippen LogP contribution in [0, 0.1) is 0 Å². The zero-order valence-corrected chi connectivity index (χ0v) is 7.20. The lowest BCUT2D eigenvalue weighted by atomic mass is 10.2. The summed E-state index contributed by atoms with van der Waals surface area (Å²) in [5.74, 6) is 0. The number of hydrogen-bond donors (Lipinski definition) is 1. The highest BCUT2D eigenvalue weighted by atomic mass is 14.9. The third-order valence-electron chi connectivity index (χ3n) is 1.36. The highest BCUT2D eigenvalue weighted by molar-refractivity contribution is 4.54. The van der Waals surface area contributed by atoms with E-state index in [-0.39, 0.29) is 0 Å². The van der Waals surface area contributed by atoms with Crippen LogP contribution in [0.2, 0.25) is 0 Å². The van der Waals surface area contributed by atoms with Gasteiger partial charge in [0.05, 0.1) is 0 Å². The molecule has 0 spiro atoms. The first kappa shape index (κ1) is 8.96. The molecule has 1 N–H and O–H groups in total. The molecule has 0 rings (SSSR count). The molecule has 0 aliphatic heterocycles. The van der Waals surface area contributed by atoms with E-state index in [1.807, 2.05) is 0 Å². The molecule has 0 bridgehead atoms. The summed E-state index contributed by atoms with van der Waals surface area (Å²) < 4.78 is 5.75. The molecular formula is C8H21N. The molecule has 0 saturated heterocycles. The number of rotatable bonds is 4. The minimum absolute atomic E-state index is 0.704. The first-order valence-electron chi connectivity index (χ1n) is 4.54. The van der Waals surface area contributed by atoms with Crippen LogP contribution < -0.4 is 5.32 Å². The average molecular weight is 133 g/mol.